The van der Waals surface area contributed by atoms with Crippen molar-refractivity contribution in [2.75, 3.05) is 6.61 Å². The number of benzene rings is 3. The highest BCUT2D eigenvalue weighted by molar-refractivity contribution is 8.18. The van der Waals surface area contributed by atoms with Gasteiger partial charge < -0.3 is 9.47 Å². The number of alkyl halides is 3. The average molecular weight is 621 g/mol. The van der Waals surface area contributed by atoms with Crippen molar-refractivity contribution in [1.82, 2.24) is 5.32 Å². The number of hydrogen-bond acceptors (Lipinski definition) is 6. The number of imide groups is 1. The molecule has 1 fully saturated rings. The van der Waals surface area contributed by atoms with E-state index in [1.165, 1.54) is 29.3 Å². The molecule has 1 unspecified atom stereocenters. The number of rotatable bonds is 7. The Morgan fingerprint density at radius 1 is 1.02 bits per heavy atom. The quantitative estimate of drug-likeness (QED) is 0.270. The number of nitrogens with zero attached hydrogens (tertiary/aromatic N) is 1. The number of amides is 2. The lowest BCUT2D eigenvalue weighted by atomic mass is 9.70. The van der Waals surface area contributed by atoms with Crippen LogP contribution >= 0.6 is 11.8 Å². The van der Waals surface area contributed by atoms with Gasteiger partial charge >= 0.3 is 6.18 Å². The molecule has 3 aromatic rings. The first-order chi connectivity index (χ1) is 20.8. The first kappa shape index (κ1) is 31.2. The van der Waals surface area contributed by atoms with Crippen LogP contribution in [-0.4, -0.2) is 17.8 Å². The number of nitriles is 1. The van der Waals surface area contributed by atoms with Crippen molar-refractivity contribution in [3.05, 3.63) is 97.4 Å². The lowest BCUT2D eigenvalue weighted by molar-refractivity contribution is -0.139. The normalized spacial score (nSPS) is 19.0. The van der Waals surface area contributed by atoms with Crippen LogP contribution in [0.3, 0.4) is 0 Å². The van der Waals surface area contributed by atoms with Crippen molar-refractivity contribution in [3.63, 3.8) is 0 Å². The van der Waals surface area contributed by atoms with Gasteiger partial charge in [0.15, 0.2) is 0 Å². The first-order valence-corrected chi connectivity index (χ1v) is 14.9. The van der Waals surface area contributed by atoms with Gasteiger partial charge in [-0.15, -0.1) is 0 Å². The smallest absolute Gasteiger partial charge is 0.419 e. The van der Waals surface area contributed by atoms with E-state index in [0.29, 0.717) is 30.4 Å². The zero-order chi connectivity index (χ0) is 31.8. The molecular weight excluding hydrogens is 589 g/mol. The number of nitrogens with one attached hydrogen (secondary N) is 1. The summed E-state index contributed by atoms with van der Waals surface area (Å²) < 4.78 is 54.3. The summed E-state index contributed by atoms with van der Waals surface area (Å²) in [7, 11) is 0. The van der Waals surface area contributed by atoms with Gasteiger partial charge in [-0.05, 0) is 121 Å². The number of halogens is 3. The molecule has 5 rings (SSSR count). The number of hydrogen-bond donors (Lipinski definition) is 1. The molecule has 6 nitrogen and oxygen atoms in total. The summed E-state index contributed by atoms with van der Waals surface area (Å²) in [6.07, 6.45) is -1.29. The van der Waals surface area contributed by atoms with E-state index in [-0.39, 0.29) is 22.8 Å². The Hall–Kier alpha value is -4.23. The molecule has 0 radical (unpaired) electrons. The van der Waals surface area contributed by atoms with Crippen LogP contribution in [0.5, 0.6) is 11.5 Å². The van der Waals surface area contributed by atoms with E-state index in [4.69, 9.17) is 14.7 Å². The maximum Gasteiger partial charge on any atom is 0.419 e. The third-order valence-electron chi connectivity index (χ3n) is 8.39. The van der Waals surface area contributed by atoms with E-state index < -0.39 is 28.3 Å². The Bertz CT molecular complexity index is 1720. The summed E-state index contributed by atoms with van der Waals surface area (Å²) in [5.41, 5.74) is 5.96. The number of carbonyl (C=O) groups is 2. The Balaban J connectivity index is 1.33. The maximum absolute atomic E-state index is 14.1. The number of ether oxygens (including phenoxy) is 2. The van der Waals surface area contributed by atoms with Gasteiger partial charge in [-0.25, -0.2) is 0 Å². The van der Waals surface area contributed by atoms with Crippen LogP contribution in [0.1, 0.15) is 63.4 Å². The second kappa shape index (κ2) is 12.0. The van der Waals surface area contributed by atoms with Gasteiger partial charge in [0.25, 0.3) is 11.1 Å². The predicted octanol–water partition coefficient (Wildman–Crippen LogP) is 7.98. The lowest BCUT2D eigenvalue weighted by Crippen LogP contribution is -2.33. The second-order valence-electron chi connectivity index (χ2n) is 11.6. The summed E-state index contributed by atoms with van der Waals surface area (Å²) >= 11 is 0.647. The van der Waals surface area contributed by atoms with E-state index >= 15 is 0 Å². The second-order valence-corrected chi connectivity index (χ2v) is 12.7. The van der Waals surface area contributed by atoms with E-state index in [2.05, 4.69) is 25.2 Å². The van der Waals surface area contributed by atoms with Gasteiger partial charge in [0.2, 0.25) is 0 Å². The SMILES string of the molecule is Cc1c(C)c(OCc2ccc(C#N)cc2)c(C)c2c1CC(C)(COc1ccc(C=C3SC(=O)NC3=O)cc1C(F)(F)F)CC2. The van der Waals surface area contributed by atoms with Crippen LogP contribution in [0.15, 0.2) is 47.4 Å². The highest BCUT2D eigenvalue weighted by Gasteiger charge is 2.37. The van der Waals surface area contributed by atoms with Gasteiger partial charge in [-0.1, -0.05) is 25.1 Å². The molecule has 10 heteroatoms. The highest BCUT2D eigenvalue weighted by Crippen LogP contribution is 2.44. The minimum Gasteiger partial charge on any atom is -0.492 e. The van der Waals surface area contributed by atoms with Crippen molar-refractivity contribution in [1.29, 1.82) is 5.26 Å². The van der Waals surface area contributed by atoms with Gasteiger partial charge in [0, 0.05) is 5.41 Å². The van der Waals surface area contributed by atoms with Crippen LogP contribution in [0, 0.1) is 37.5 Å². The highest BCUT2D eigenvalue weighted by atomic mass is 32.2. The Kier molecular flexibility index (Phi) is 8.54. The molecule has 44 heavy (non-hydrogen) atoms. The third kappa shape index (κ3) is 6.48. The molecule has 1 aliphatic carbocycles. The summed E-state index contributed by atoms with van der Waals surface area (Å²) in [6, 6.07) is 13.1. The van der Waals surface area contributed by atoms with Gasteiger partial charge in [0.05, 0.1) is 28.7 Å². The fourth-order valence-electron chi connectivity index (χ4n) is 5.77. The van der Waals surface area contributed by atoms with Crippen LogP contribution in [0.4, 0.5) is 18.0 Å². The zero-order valence-corrected chi connectivity index (χ0v) is 25.6. The topological polar surface area (TPSA) is 88.4 Å². The van der Waals surface area contributed by atoms with Crippen LogP contribution in [0.2, 0.25) is 0 Å². The number of fused-ring (bicyclic) bond motifs is 1. The van der Waals surface area contributed by atoms with Gasteiger partial charge in [-0.2, -0.15) is 18.4 Å². The van der Waals surface area contributed by atoms with Crippen LogP contribution in [-0.2, 0) is 30.4 Å². The molecule has 1 aliphatic heterocycles. The molecular formula is C34H31F3N2O4S. The molecule has 0 saturated carbocycles. The van der Waals surface area contributed by atoms with E-state index in [1.54, 1.807) is 12.1 Å². The molecule has 1 saturated heterocycles. The van der Waals surface area contributed by atoms with Crippen LogP contribution in [0.25, 0.3) is 6.08 Å². The molecule has 1 N–H and O–H groups in total. The summed E-state index contributed by atoms with van der Waals surface area (Å²) in [4.78, 5) is 23.3. The van der Waals surface area contributed by atoms with E-state index in [1.807, 2.05) is 26.0 Å². The predicted molar refractivity (Wildman–Crippen MR) is 162 cm³/mol. The van der Waals surface area contributed by atoms with Gasteiger partial charge in [-0.3, -0.25) is 14.9 Å². The van der Waals surface area contributed by atoms with Gasteiger partial charge in [0.1, 0.15) is 18.1 Å². The largest absolute Gasteiger partial charge is 0.492 e. The molecule has 1 heterocycles. The monoisotopic (exact) mass is 620 g/mol. The summed E-state index contributed by atoms with van der Waals surface area (Å²) in [5.74, 6) is -0.0692. The zero-order valence-electron chi connectivity index (χ0n) is 24.8. The van der Waals surface area contributed by atoms with E-state index in [0.717, 1.165) is 46.9 Å². The molecule has 2 aliphatic rings. The lowest BCUT2D eigenvalue weighted by Gasteiger charge is -2.37. The molecule has 1 atom stereocenters. The van der Waals surface area contributed by atoms with Crippen LogP contribution < -0.4 is 14.8 Å². The Morgan fingerprint density at radius 2 is 1.75 bits per heavy atom. The molecule has 0 bridgehead atoms. The molecule has 0 aromatic heterocycles. The average Bonchev–Trinajstić information content (AvgIpc) is 3.30. The van der Waals surface area contributed by atoms with Crippen molar-refractivity contribution >= 4 is 29.0 Å². The van der Waals surface area contributed by atoms with Crippen molar-refractivity contribution in [3.8, 4) is 17.6 Å². The van der Waals surface area contributed by atoms with Crippen molar-refractivity contribution in [2.45, 2.75) is 59.7 Å². The minimum absolute atomic E-state index is 0.0361. The van der Waals surface area contributed by atoms with Crippen molar-refractivity contribution < 1.29 is 32.2 Å². The summed E-state index contributed by atoms with van der Waals surface area (Å²) in [6.45, 7) is 8.63. The first-order valence-electron chi connectivity index (χ1n) is 14.1. The standard InChI is InChI=1S/C34H31F3N2O4S/c1-19-20(2)30(42-17-23-7-5-22(16-38)6-8-23)21(3)25-11-12-33(4,15-26(19)25)18-43-28-10-9-24(13-27(28)34(35,36)37)14-29-31(40)39-32(41)44-29/h5-10,13-14H,11-12,15,17-18H2,1-4H3,(H,39,40,41). The fraction of sp³-hybridized carbons (Fsp3) is 0.324. The Morgan fingerprint density at radius 3 is 2.39 bits per heavy atom. The number of carbonyl (C=O) groups excluding carboxylic acids is 2. The fourth-order valence-corrected chi connectivity index (χ4v) is 6.45. The molecule has 228 valence electrons. The molecule has 0 spiro atoms. The molecule has 2 amide bonds. The number of thioether (sulfide) groups is 1. The van der Waals surface area contributed by atoms with Crippen molar-refractivity contribution in [2.24, 2.45) is 5.41 Å². The molecule has 3 aromatic carbocycles. The van der Waals surface area contributed by atoms with E-state index in [9.17, 15) is 22.8 Å². The maximum atomic E-state index is 14.1. The minimum atomic E-state index is -4.68. The Labute approximate surface area is 258 Å². The summed E-state index contributed by atoms with van der Waals surface area (Å²) in [5, 5.41) is 10.6. The third-order valence-corrected chi connectivity index (χ3v) is 9.20.